The molecule has 2 aliphatic heterocycles. The van der Waals surface area contributed by atoms with Crippen molar-refractivity contribution in [3.8, 4) is 0 Å². The molecule has 1 unspecified atom stereocenters. The number of urea groups is 1. The maximum Gasteiger partial charge on any atom is 0.321 e. The van der Waals surface area contributed by atoms with Crippen molar-refractivity contribution >= 4 is 33.3 Å². The average molecular weight is 726 g/mol. The molecule has 2 saturated heterocycles. The lowest BCUT2D eigenvalue weighted by atomic mass is 9.97. The van der Waals surface area contributed by atoms with E-state index in [9.17, 15) is 28.0 Å². The minimum Gasteiger partial charge on any atom is -0.390 e. The van der Waals surface area contributed by atoms with E-state index in [2.05, 4.69) is 20.8 Å². The van der Waals surface area contributed by atoms with Crippen molar-refractivity contribution in [1.29, 1.82) is 0 Å². The molecule has 13 nitrogen and oxygen atoms in total. The molecule has 1 aromatic heterocycles. The summed E-state index contributed by atoms with van der Waals surface area (Å²) in [6.07, 6.45) is 0.647. The predicted molar refractivity (Wildman–Crippen MR) is 192 cm³/mol. The molecular weight excluding hydrogens is 679 g/mol. The quantitative estimate of drug-likeness (QED) is 0.178. The molecule has 0 bridgehead atoms. The zero-order chi connectivity index (χ0) is 35.8. The number of rotatable bonds is 17. The first-order valence-corrected chi connectivity index (χ1v) is 19.4. The van der Waals surface area contributed by atoms with Crippen LogP contribution in [-0.2, 0) is 34.3 Å². The van der Waals surface area contributed by atoms with Crippen molar-refractivity contribution in [3.63, 3.8) is 0 Å². The highest BCUT2D eigenvalue weighted by Gasteiger charge is 2.41. The standard InChI is InChI=1S/C35H47N7O6S2/c1-24(2)33(42-17-16-40(35(42)45)20-29-23-49-25(3)38-29)34(44)39-31(18-26-8-5-4-6-9-26)32(43)22-41(21-28-10-7-15-36-28)50(47,48)30-13-11-27(12-14-30)19-37-46/h4-6,8-9,11-14,23-24,28,31-33,36,43H,7,10,15-22H2,1-3H3,(H,39,44)/t28?,31-,32+,33-/m0/s1. The Bertz CT molecular complexity index is 1700. The Balaban J connectivity index is 1.37. The molecule has 5 rings (SSSR count). The molecule has 2 aliphatic rings. The second kappa shape index (κ2) is 17.0. The first kappa shape index (κ1) is 37.5. The molecular formula is C35H47N7O6S2. The van der Waals surface area contributed by atoms with Gasteiger partial charge in [-0.1, -0.05) is 61.5 Å². The Morgan fingerprint density at radius 2 is 1.88 bits per heavy atom. The maximum absolute atomic E-state index is 14.1. The molecule has 0 radical (unpaired) electrons. The lowest BCUT2D eigenvalue weighted by molar-refractivity contribution is -0.128. The molecule has 50 heavy (non-hydrogen) atoms. The molecule has 0 aliphatic carbocycles. The lowest BCUT2D eigenvalue weighted by Crippen LogP contribution is -2.57. The van der Waals surface area contributed by atoms with Crippen LogP contribution in [0, 0.1) is 17.7 Å². The van der Waals surface area contributed by atoms with Gasteiger partial charge in [0.1, 0.15) is 12.6 Å². The normalized spacial score (nSPS) is 18.5. The number of hydrogen-bond acceptors (Lipinski definition) is 10. The highest BCUT2D eigenvalue weighted by atomic mass is 32.2. The van der Waals surface area contributed by atoms with E-state index in [-0.39, 0.29) is 48.9 Å². The Morgan fingerprint density at radius 3 is 2.50 bits per heavy atom. The van der Waals surface area contributed by atoms with E-state index in [0.717, 1.165) is 35.7 Å². The second-order valence-electron chi connectivity index (χ2n) is 13.4. The third kappa shape index (κ3) is 9.31. The summed E-state index contributed by atoms with van der Waals surface area (Å²) in [6.45, 7) is 7.42. The Hall–Kier alpha value is -3.76. The summed E-state index contributed by atoms with van der Waals surface area (Å²) in [7, 11) is -4.08. The van der Waals surface area contributed by atoms with Crippen molar-refractivity contribution < 1.29 is 23.1 Å². The summed E-state index contributed by atoms with van der Waals surface area (Å²) < 4.78 is 29.4. The summed E-state index contributed by atoms with van der Waals surface area (Å²) in [5.41, 5.74) is 2.25. The van der Waals surface area contributed by atoms with Crippen molar-refractivity contribution in [2.75, 3.05) is 32.7 Å². The van der Waals surface area contributed by atoms with E-state index in [1.807, 2.05) is 56.5 Å². The number of aliphatic hydroxyl groups is 1. The zero-order valence-electron chi connectivity index (χ0n) is 28.8. The van der Waals surface area contributed by atoms with Gasteiger partial charge in [0.2, 0.25) is 15.9 Å². The van der Waals surface area contributed by atoms with Gasteiger partial charge in [0.15, 0.2) is 0 Å². The molecule has 3 aromatic rings. The van der Waals surface area contributed by atoms with Crippen LogP contribution in [0.2, 0.25) is 0 Å². The first-order chi connectivity index (χ1) is 24.0. The number of nitrogens with one attached hydrogen (secondary N) is 2. The van der Waals surface area contributed by atoms with Gasteiger partial charge in [-0.3, -0.25) is 4.79 Å². The van der Waals surface area contributed by atoms with Gasteiger partial charge in [-0.2, -0.15) is 9.21 Å². The average Bonchev–Trinajstić information content (AvgIpc) is 3.84. The first-order valence-electron chi connectivity index (χ1n) is 17.1. The second-order valence-corrected chi connectivity index (χ2v) is 16.4. The number of amides is 3. The van der Waals surface area contributed by atoms with Crippen molar-refractivity contribution in [3.05, 3.63) is 86.7 Å². The molecule has 3 heterocycles. The minimum atomic E-state index is -4.08. The topological polar surface area (TPSA) is 165 Å². The molecule has 2 fully saturated rings. The van der Waals surface area contributed by atoms with Gasteiger partial charge in [0, 0.05) is 37.6 Å². The number of carbonyl (C=O) groups is 2. The highest BCUT2D eigenvalue weighted by molar-refractivity contribution is 7.89. The number of sulfonamides is 1. The summed E-state index contributed by atoms with van der Waals surface area (Å²) in [6, 6.07) is 13.4. The molecule has 2 aromatic carbocycles. The number of aryl methyl sites for hydroxylation is 1. The monoisotopic (exact) mass is 725 g/mol. The van der Waals surface area contributed by atoms with Gasteiger partial charge < -0.3 is 25.5 Å². The Morgan fingerprint density at radius 1 is 1.14 bits per heavy atom. The van der Waals surface area contributed by atoms with Crippen LogP contribution >= 0.6 is 11.3 Å². The summed E-state index contributed by atoms with van der Waals surface area (Å²) >= 11 is 1.52. The number of benzene rings is 2. The van der Waals surface area contributed by atoms with Gasteiger partial charge in [0.25, 0.3) is 0 Å². The van der Waals surface area contributed by atoms with Gasteiger partial charge in [-0.15, -0.1) is 11.3 Å². The lowest BCUT2D eigenvalue weighted by Gasteiger charge is -2.34. The Labute approximate surface area is 298 Å². The fraction of sp³-hybridized carbons (Fsp3) is 0.514. The van der Waals surface area contributed by atoms with Crippen molar-refractivity contribution in [2.45, 2.75) is 82.2 Å². The summed E-state index contributed by atoms with van der Waals surface area (Å²) in [5, 5.41) is 24.0. The highest BCUT2D eigenvalue weighted by Crippen LogP contribution is 2.24. The fourth-order valence-corrected chi connectivity index (χ4v) is 8.77. The number of aliphatic hydroxyl groups excluding tert-OH is 1. The number of nitroso groups, excluding NO2 is 1. The van der Waals surface area contributed by atoms with E-state index in [0.29, 0.717) is 25.2 Å². The van der Waals surface area contributed by atoms with Crippen LogP contribution in [0.3, 0.4) is 0 Å². The van der Waals surface area contributed by atoms with Crippen molar-refractivity contribution in [2.24, 2.45) is 11.1 Å². The molecule has 0 spiro atoms. The van der Waals surface area contributed by atoms with Crippen LogP contribution in [0.25, 0.3) is 0 Å². The van der Waals surface area contributed by atoms with Gasteiger partial charge in [-0.05, 0) is 61.9 Å². The Kier molecular flexibility index (Phi) is 12.7. The molecule has 0 saturated carbocycles. The van der Waals surface area contributed by atoms with Gasteiger partial charge >= 0.3 is 6.03 Å². The van der Waals surface area contributed by atoms with Crippen molar-refractivity contribution in [1.82, 2.24) is 29.7 Å². The number of thiazole rings is 1. The SMILES string of the molecule is Cc1nc(CN2CCN([C@H](C(=O)N[C@@H](Cc3ccccc3)[C@H](O)CN(CC3CCCN3)S(=O)(=O)c3ccc(CN=O)cc3)C(C)C)C2=O)cs1. The molecule has 270 valence electrons. The van der Waals surface area contributed by atoms with E-state index < -0.39 is 34.1 Å². The van der Waals surface area contributed by atoms with Gasteiger partial charge in [-0.25, -0.2) is 18.2 Å². The van der Waals surface area contributed by atoms with Crippen LogP contribution < -0.4 is 10.6 Å². The number of carbonyl (C=O) groups excluding carboxylic acids is 2. The molecule has 3 amide bonds. The smallest absolute Gasteiger partial charge is 0.321 e. The van der Waals surface area contributed by atoms with Crippen LogP contribution in [0.15, 0.2) is 70.0 Å². The van der Waals surface area contributed by atoms with Crippen LogP contribution in [0.5, 0.6) is 0 Å². The largest absolute Gasteiger partial charge is 0.390 e. The van der Waals surface area contributed by atoms with E-state index >= 15 is 0 Å². The third-order valence-electron chi connectivity index (χ3n) is 9.26. The van der Waals surface area contributed by atoms with E-state index in [4.69, 9.17) is 0 Å². The molecule has 4 atom stereocenters. The summed E-state index contributed by atoms with van der Waals surface area (Å²) in [4.78, 5) is 46.3. The molecule has 3 N–H and O–H groups in total. The zero-order valence-corrected chi connectivity index (χ0v) is 30.4. The summed E-state index contributed by atoms with van der Waals surface area (Å²) in [5.74, 6) is -0.649. The minimum absolute atomic E-state index is 0.0331. The van der Waals surface area contributed by atoms with Gasteiger partial charge in [0.05, 0.1) is 34.3 Å². The number of nitrogens with zero attached hydrogens (tertiary/aromatic N) is 5. The van der Waals surface area contributed by atoms with Crippen LogP contribution in [0.4, 0.5) is 4.79 Å². The number of hydrogen-bond donors (Lipinski definition) is 3. The third-order valence-corrected chi connectivity index (χ3v) is 11.9. The predicted octanol–water partition coefficient (Wildman–Crippen LogP) is 3.51. The number of aromatic nitrogens is 1. The van der Waals surface area contributed by atoms with E-state index in [1.54, 1.807) is 21.9 Å². The fourth-order valence-electron chi connectivity index (χ4n) is 6.66. The molecule has 15 heteroatoms. The van der Waals surface area contributed by atoms with Crippen LogP contribution in [-0.4, -0.2) is 102 Å². The van der Waals surface area contributed by atoms with E-state index in [1.165, 1.54) is 27.8 Å². The van der Waals surface area contributed by atoms with Crippen LogP contribution in [0.1, 0.15) is 48.5 Å². The maximum atomic E-state index is 14.1.